The monoisotopic (exact) mass is 554 g/mol. The summed E-state index contributed by atoms with van der Waals surface area (Å²) in [4.78, 5) is 4.83. The summed E-state index contributed by atoms with van der Waals surface area (Å²) >= 11 is 0. The first-order chi connectivity index (χ1) is 19.4. The van der Waals surface area contributed by atoms with Gasteiger partial charge in [0.05, 0.1) is 25.6 Å². The van der Waals surface area contributed by atoms with Crippen molar-refractivity contribution in [3.63, 3.8) is 0 Å². The SMILES string of the molecule is C/C=C(\NCCc1cc(CNCOC)c(OCC)c(-c2ccc(F)c(F)c2)n1)c1ccc(OCCC)c(NC)c1. The number of benzene rings is 2. The van der Waals surface area contributed by atoms with E-state index >= 15 is 0 Å². The largest absolute Gasteiger partial charge is 0.491 e. The van der Waals surface area contributed by atoms with Crippen molar-refractivity contribution in [2.75, 3.05) is 46.0 Å². The van der Waals surface area contributed by atoms with E-state index in [9.17, 15) is 8.78 Å². The van der Waals surface area contributed by atoms with Crippen LogP contribution in [0.15, 0.2) is 48.5 Å². The molecule has 7 nitrogen and oxygen atoms in total. The Balaban J connectivity index is 1.86. The topological polar surface area (TPSA) is 76.7 Å². The van der Waals surface area contributed by atoms with Gasteiger partial charge in [0.25, 0.3) is 0 Å². The molecule has 0 radical (unpaired) electrons. The molecule has 0 saturated heterocycles. The van der Waals surface area contributed by atoms with E-state index in [4.69, 9.17) is 19.2 Å². The number of nitrogens with one attached hydrogen (secondary N) is 3. The van der Waals surface area contributed by atoms with Crippen molar-refractivity contribution in [3.8, 4) is 22.8 Å². The van der Waals surface area contributed by atoms with Crippen molar-refractivity contribution < 1.29 is 23.0 Å². The van der Waals surface area contributed by atoms with Gasteiger partial charge in [0, 0.05) is 56.2 Å². The lowest BCUT2D eigenvalue weighted by atomic mass is 10.0. The van der Waals surface area contributed by atoms with Crippen LogP contribution in [0.5, 0.6) is 11.5 Å². The first kappa shape index (κ1) is 30.8. The lowest BCUT2D eigenvalue weighted by molar-refractivity contribution is 0.174. The third-order valence-electron chi connectivity index (χ3n) is 6.15. The van der Waals surface area contributed by atoms with Crippen molar-refractivity contribution >= 4 is 11.4 Å². The molecule has 1 heterocycles. The number of hydrogen-bond donors (Lipinski definition) is 3. The molecular formula is C31H40F2N4O3. The van der Waals surface area contributed by atoms with E-state index in [0.717, 1.165) is 52.5 Å². The number of nitrogens with zero attached hydrogens (tertiary/aromatic N) is 1. The van der Waals surface area contributed by atoms with Crippen molar-refractivity contribution in [1.82, 2.24) is 15.6 Å². The standard InChI is InChI=1S/C31H40F2N4O3/c1-6-15-40-29-12-10-21(18-28(29)34-4)27(7-2)36-14-13-24-16-23(19-35-20-38-5)31(39-8-3)30(37-24)22-9-11-25(32)26(33)17-22/h7,9-12,16-18,34-36H,6,8,13-15,19-20H2,1-5H3/b27-7-. The molecule has 0 spiro atoms. The van der Waals surface area contributed by atoms with E-state index in [2.05, 4.69) is 28.9 Å². The molecule has 0 amide bonds. The molecule has 0 aliphatic carbocycles. The molecule has 0 atom stereocenters. The molecular weight excluding hydrogens is 514 g/mol. The van der Waals surface area contributed by atoms with Crippen molar-refractivity contribution in [3.05, 3.63) is 77.0 Å². The van der Waals surface area contributed by atoms with E-state index in [1.807, 2.05) is 45.2 Å². The summed E-state index contributed by atoms with van der Waals surface area (Å²) in [5, 5.41) is 9.93. The van der Waals surface area contributed by atoms with Gasteiger partial charge in [-0.1, -0.05) is 13.0 Å². The zero-order chi connectivity index (χ0) is 28.9. The maximum absolute atomic E-state index is 14.2. The molecule has 0 fully saturated rings. The van der Waals surface area contributed by atoms with Gasteiger partial charge in [-0.05, 0) is 68.3 Å². The lowest BCUT2D eigenvalue weighted by Crippen LogP contribution is -2.19. The number of pyridine rings is 1. The summed E-state index contributed by atoms with van der Waals surface area (Å²) in [6.45, 7) is 8.42. The van der Waals surface area contributed by atoms with Crippen LogP contribution in [0.1, 0.15) is 44.0 Å². The third kappa shape index (κ3) is 8.16. The van der Waals surface area contributed by atoms with Gasteiger partial charge in [-0.25, -0.2) is 13.8 Å². The highest BCUT2D eigenvalue weighted by atomic mass is 19.2. The second-order valence-electron chi connectivity index (χ2n) is 9.06. The average Bonchev–Trinajstić information content (AvgIpc) is 2.96. The second-order valence-corrected chi connectivity index (χ2v) is 9.06. The fourth-order valence-electron chi connectivity index (χ4n) is 4.26. The predicted molar refractivity (Wildman–Crippen MR) is 157 cm³/mol. The third-order valence-corrected chi connectivity index (χ3v) is 6.15. The van der Waals surface area contributed by atoms with Crippen LogP contribution in [0.2, 0.25) is 0 Å². The fourth-order valence-corrected chi connectivity index (χ4v) is 4.26. The van der Waals surface area contributed by atoms with Crippen LogP contribution in [0.3, 0.4) is 0 Å². The number of methoxy groups -OCH3 is 1. The lowest BCUT2D eigenvalue weighted by Gasteiger charge is -2.18. The van der Waals surface area contributed by atoms with Gasteiger partial charge in [-0.2, -0.15) is 0 Å². The van der Waals surface area contributed by atoms with Gasteiger partial charge in [0.2, 0.25) is 0 Å². The number of rotatable bonds is 16. The first-order valence-electron chi connectivity index (χ1n) is 13.6. The van der Waals surface area contributed by atoms with Crippen LogP contribution in [0.4, 0.5) is 14.5 Å². The molecule has 0 saturated carbocycles. The van der Waals surface area contributed by atoms with E-state index < -0.39 is 11.6 Å². The first-order valence-corrected chi connectivity index (χ1v) is 13.6. The molecule has 0 bridgehead atoms. The van der Waals surface area contributed by atoms with Gasteiger partial charge < -0.3 is 24.8 Å². The van der Waals surface area contributed by atoms with E-state index in [1.165, 1.54) is 6.07 Å². The summed E-state index contributed by atoms with van der Waals surface area (Å²) in [5.41, 5.74) is 5.50. The van der Waals surface area contributed by atoms with E-state index in [1.54, 1.807) is 7.11 Å². The van der Waals surface area contributed by atoms with Gasteiger partial charge in [0.15, 0.2) is 11.6 Å². The van der Waals surface area contributed by atoms with Crippen LogP contribution in [-0.2, 0) is 17.7 Å². The van der Waals surface area contributed by atoms with Crippen LogP contribution in [0.25, 0.3) is 17.0 Å². The molecule has 40 heavy (non-hydrogen) atoms. The molecule has 3 aromatic rings. The van der Waals surface area contributed by atoms with Crippen LogP contribution in [0, 0.1) is 11.6 Å². The minimum absolute atomic E-state index is 0.354. The van der Waals surface area contributed by atoms with Gasteiger partial charge >= 0.3 is 0 Å². The number of allylic oxidation sites excluding steroid dienone is 1. The van der Waals surface area contributed by atoms with Gasteiger partial charge in [-0.3, -0.25) is 5.32 Å². The Morgan fingerprint density at radius 1 is 1.02 bits per heavy atom. The molecule has 0 unspecified atom stereocenters. The van der Waals surface area contributed by atoms with Gasteiger partial charge in [-0.15, -0.1) is 0 Å². The highest BCUT2D eigenvalue weighted by molar-refractivity contribution is 5.71. The number of aromatic nitrogens is 1. The number of halogens is 2. The van der Waals surface area contributed by atoms with E-state index in [0.29, 0.717) is 56.5 Å². The van der Waals surface area contributed by atoms with Crippen LogP contribution in [-0.4, -0.2) is 45.6 Å². The summed E-state index contributed by atoms with van der Waals surface area (Å²) < 4.78 is 44.8. The van der Waals surface area contributed by atoms with Crippen molar-refractivity contribution in [2.45, 2.75) is 40.2 Å². The average molecular weight is 555 g/mol. The molecule has 2 aromatic carbocycles. The maximum atomic E-state index is 14.2. The van der Waals surface area contributed by atoms with Crippen molar-refractivity contribution in [2.24, 2.45) is 0 Å². The Kier molecular flexibility index (Phi) is 12.2. The molecule has 0 aliphatic heterocycles. The highest BCUT2D eigenvalue weighted by Gasteiger charge is 2.18. The smallest absolute Gasteiger partial charge is 0.159 e. The Hall–Kier alpha value is -3.69. The van der Waals surface area contributed by atoms with Crippen LogP contribution < -0.4 is 25.4 Å². The van der Waals surface area contributed by atoms with Crippen molar-refractivity contribution in [1.29, 1.82) is 0 Å². The number of ether oxygens (including phenoxy) is 3. The Morgan fingerprint density at radius 2 is 1.85 bits per heavy atom. The molecule has 3 rings (SSSR count). The summed E-state index contributed by atoms with van der Waals surface area (Å²) in [7, 11) is 3.48. The minimum atomic E-state index is -0.933. The fraction of sp³-hybridized carbons (Fsp3) is 0.387. The Bertz CT molecular complexity index is 1280. The van der Waals surface area contributed by atoms with Crippen LogP contribution >= 0.6 is 0 Å². The Labute approximate surface area is 236 Å². The molecule has 0 aliphatic rings. The number of hydrogen-bond acceptors (Lipinski definition) is 7. The molecule has 3 N–H and O–H groups in total. The normalized spacial score (nSPS) is 11.4. The molecule has 9 heteroatoms. The maximum Gasteiger partial charge on any atom is 0.159 e. The zero-order valence-corrected chi connectivity index (χ0v) is 24.0. The van der Waals surface area contributed by atoms with E-state index in [-0.39, 0.29) is 0 Å². The summed E-state index contributed by atoms with van der Waals surface area (Å²) in [6, 6.07) is 11.8. The minimum Gasteiger partial charge on any atom is -0.491 e. The highest BCUT2D eigenvalue weighted by Crippen LogP contribution is 2.34. The molecule has 216 valence electrons. The zero-order valence-electron chi connectivity index (χ0n) is 24.0. The quantitative estimate of drug-likeness (QED) is 0.145. The summed E-state index contributed by atoms with van der Waals surface area (Å²) in [5.74, 6) is -0.485. The molecule has 1 aromatic heterocycles. The summed E-state index contributed by atoms with van der Waals surface area (Å²) in [6.07, 6.45) is 3.56. The predicted octanol–water partition coefficient (Wildman–Crippen LogP) is 6.14. The van der Waals surface area contributed by atoms with Gasteiger partial charge in [0.1, 0.15) is 17.2 Å². The Morgan fingerprint density at radius 3 is 2.52 bits per heavy atom. The number of anilines is 1. The second kappa shape index (κ2) is 15.8.